The highest BCUT2D eigenvalue weighted by Crippen LogP contribution is 2.52. The minimum atomic E-state index is -2.56. The molecule has 3 nitrogen and oxygen atoms in total. The van der Waals surface area contributed by atoms with Crippen molar-refractivity contribution in [1.82, 2.24) is 0 Å². The summed E-state index contributed by atoms with van der Waals surface area (Å²) in [6.07, 6.45) is 8.54. The molecule has 4 heteroatoms. The molecule has 0 amide bonds. The largest absolute Gasteiger partial charge is 0.504 e. The van der Waals surface area contributed by atoms with E-state index in [1.165, 1.54) is 12.8 Å². The molecule has 20 heavy (non-hydrogen) atoms. The summed E-state index contributed by atoms with van der Waals surface area (Å²) < 4.78 is 18.5. The molecular weight excluding hydrogens is 268 g/mol. The van der Waals surface area contributed by atoms with Crippen molar-refractivity contribution in [2.45, 2.75) is 52.5 Å². The Hall–Kier alpha value is -0.163. The van der Waals surface area contributed by atoms with Crippen molar-refractivity contribution in [2.24, 2.45) is 17.8 Å². The van der Waals surface area contributed by atoms with Gasteiger partial charge in [-0.05, 0) is 57.8 Å². The molecule has 4 unspecified atom stereocenters. The van der Waals surface area contributed by atoms with Crippen molar-refractivity contribution in [3.8, 4) is 0 Å². The topological polar surface area (TPSA) is 27.7 Å². The zero-order chi connectivity index (χ0) is 14.6. The molecule has 0 aromatic carbocycles. The van der Waals surface area contributed by atoms with Gasteiger partial charge in [0.15, 0.2) is 0 Å². The molecule has 0 saturated heterocycles. The highest BCUT2D eigenvalue weighted by atomic mass is 28.4. The van der Waals surface area contributed by atoms with Gasteiger partial charge < -0.3 is 13.3 Å². The zero-order valence-corrected chi connectivity index (χ0v) is 14.4. The Labute approximate surface area is 125 Å². The number of hydrogen-bond donors (Lipinski definition) is 0. The van der Waals surface area contributed by atoms with Crippen LogP contribution in [-0.4, -0.2) is 28.6 Å². The smallest absolute Gasteiger partial charge is 0.374 e. The molecule has 2 aliphatic rings. The lowest BCUT2D eigenvalue weighted by molar-refractivity contribution is 0.0507. The minimum absolute atomic E-state index is 0.447. The summed E-state index contributed by atoms with van der Waals surface area (Å²) in [6, 6.07) is 0. The second kappa shape index (κ2) is 7.21. The van der Waals surface area contributed by atoms with Gasteiger partial charge in [0.2, 0.25) is 0 Å². The van der Waals surface area contributed by atoms with E-state index in [0.717, 1.165) is 18.3 Å². The molecule has 0 spiro atoms. The first-order valence-corrected chi connectivity index (χ1v) is 10.1. The first kappa shape index (κ1) is 16.2. The van der Waals surface area contributed by atoms with E-state index in [4.69, 9.17) is 13.3 Å². The van der Waals surface area contributed by atoms with E-state index in [0.29, 0.717) is 31.3 Å². The van der Waals surface area contributed by atoms with E-state index >= 15 is 0 Å². The van der Waals surface area contributed by atoms with Gasteiger partial charge in [-0.15, -0.1) is 0 Å². The van der Waals surface area contributed by atoms with Crippen molar-refractivity contribution in [2.75, 3.05) is 19.8 Å². The number of allylic oxidation sites excluding steroid dienone is 2. The van der Waals surface area contributed by atoms with Gasteiger partial charge in [0.25, 0.3) is 0 Å². The molecule has 0 aromatic heterocycles. The Morgan fingerprint density at radius 2 is 1.55 bits per heavy atom. The van der Waals surface area contributed by atoms with Crippen LogP contribution < -0.4 is 0 Å². The summed E-state index contributed by atoms with van der Waals surface area (Å²) in [5.41, 5.74) is 0.447. The van der Waals surface area contributed by atoms with Crippen LogP contribution >= 0.6 is 0 Å². The van der Waals surface area contributed by atoms with Crippen molar-refractivity contribution < 1.29 is 13.3 Å². The van der Waals surface area contributed by atoms with E-state index in [1.807, 2.05) is 20.8 Å². The maximum atomic E-state index is 6.15. The van der Waals surface area contributed by atoms with Crippen molar-refractivity contribution in [3.05, 3.63) is 12.2 Å². The van der Waals surface area contributed by atoms with Crippen molar-refractivity contribution in [1.29, 1.82) is 0 Å². The van der Waals surface area contributed by atoms with Crippen molar-refractivity contribution in [3.63, 3.8) is 0 Å². The third kappa shape index (κ3) is 3.03. The molecular formula is C16H30O3Si. The Bertz CT molecular complexity index is 315. The van der Waals surface area contributed by atoms with Gasteiger partial charge in [-0.3, -0.25) is 0 Å². The lowest BCUT2D eigenvalue weighted by atomic mass is 9.89. The predicted molar refractivity (Wildman–Crippen MR) is 83.5 cm³/mol. The van der Waals surface area contributed by atoms with Crippen LogP contribution in [-0.2, 0) is 13.3 Å². The summed E-state index contributed by atoms with van der Waals surface area (Å²) in [5, 5.41) is 0. The molecule has 4 atom stereocenters. The molecule has 1 saturated carbocycles. The van der Waals surface area contributed by atoms with Crippen LogP contribution in [0.3, 0.4) is 0 Å². The molecule has 2 bridgehead atoms. The van der Waals surface area contributed by atoms with Gasteiger partial charge in [-0.2, -0.15) is 0 Å². The van der Waals surface area contributed by atoms with E-state index in [1.54, 1.807) is 0 Å². The Morgan fingerprint density at radius 1 is 0.950 bits per heavy atom. The fourth-order valence-corrected chi connectivity index (χ4v) is 7.66. The fourth-order valence-electron chi connectivity index (χ4n) is 4.15. The predicted octanol–water partition coefficient (Wildman–Crippen LogP) is 4.03. The Morgan fingerprint density at radius 3 is 1.90 bits per heavy atom. The summed E-state index contributed by atoms with van der Waals surface area (Å²) in [5.74, 6) is 2.19. The summed E-state index contributed by atoms with van der Waals surface area (Å²) in [6.45, 7) is 10.4. The van der Waals surface area contributed by atoms with Gasteiger partial charge in [-0.1, -0.05) is 19.1 Å². The molecule has 1 fully saturated rings. The maximum absolute atomic E-state index is 6.15. The summed E-state index contributed by atoms with van der Waals surface area (Å²) in [7, 11) is -2.56. The van der Waals surface area contributed by atoms with Crippen LogP contribution in [0.2, 0.25) is 5.54 Å². The van der Waals surface area contributed by atoms with Crippen LogP contribution in [0.25, 0.3) is 0 Å². The summed E-state index contributed by atoms with van der Waals surface area (Å²) in [4.78, 5) is 0. The molecule has 0 heterocycles. The maximum Gasteiger partial charge on any atom is 0.504 e. The summed E-state index contributed by atoms with van der Waals surface area (Å²) >= 11 is 0. The van der Waals surface area contributed by atoms with Crippen molar-refractivity contribution >= 4 is 8.80 Å². The van der Waals surface area contributed by atoms with Crippen LogP contribution in [0.4, 0.5) is 0 Å². The van der Waals surface area contributed by atoms with Gasteiger partial charge in [-0.25, -0.2) is 0 Å². The van der Waals surface area contributed by atoms with Crippen LogP contribution in [0.15, 0.2) is 12.2 Å². The first-order valence-electron chi connectivity index (χ1n) is 8.30. The van der Waals surface area contributed by atoms with Gasteiger partial charge in [0.1, 0.15) is 0 Å². The monoisotopic (exact) mass is 298 g/mol. The van der Waals surface area contributed by atoms with E-state index in [2.05, 4.69) is 19.1 Å². The zero-order valence-electron chi connectivity index (χ0n) is 13.4. The number of fused-ring (bicyclic) bond motifs is 2. The average molecular weight is 298 g/mol. The van der Waals surface area contributed by atoms with E-state index in [9.17, 15) is 0 Å². The highest BCUT2D eigenvalue weighted by Gasteiger charge is 2.55. The van der Waals surface area contributed by atoms with Gasteiger partial charge >= 0.3 is 8.80 Å². The lowest BCUT2D eigenvalue weighted by Gasteiger charge is -2.39. The molecule has 0 radical (unpaired) electrons. The second-order valence-electron chi connectivity index (χ2n) is 5.86. The Balaban J connectivity index is 2.20. The van der Waals surface area contributed by atoms with Crippen LogP contribution in [0, 0.1) is 17.8 Å². The van der Waals surface area contributed by atoms with E-state index in [-0.39, 0.29) is 0 Å². The Kier molecular flexibility index (Phi) is 5.84. The highest BCUT2D eigenvalue weighted by molar-refractivity contribution is 6.62. The lowest BCUT2D eigenvalue weighted by Crippen LogP contribution is -2.53. The third-order valence-corrected chi connectivity index (χ3v) is 8.60. The molecule has 116 valence electrons. The van der Waals surface area contributed by atoms with E-state index < -0.39 is 8.80 Å². The molecule has 2 rings (SSSR count). The van der Waals surface area contributed by atoms with Gasteiger partial charge in [0, 0.05) is 25.4 Å². The van der Waals surface area contributed by atoms with Crippen LogP contribution in [0.1, 0.15) is 47.0 Å². The van der Waals surface area contributed by atoms with Crippen LogP contribution in [0.5, 0.6) is 0 Å². The standard InChI is InChI=1S/C16H30O3Si/c1-5-16(15-12-13-9-10-14(15)11-13)20(17-6-2,18-7-3)19-8-4/h9-10,13-16H,5-8,11-12H2,1-4H3. The second-order valence-corrected chi connectivity index (χ2v) is 8.68. The fraction of sp³-hybridized carbons (Fsp3) is 0.875. The third-order valence-electron chi connectivity index (χ3n) is 4.78. The number of hydrogen-bond acceptors (Lipinski definition) is 3. The van der Waals surface area contributed by atoms with Gasteiger partial charge in [0.05, 0.1) is 0 Å². The molecule has 0 aliphatic heterocycles. The molecule has 2 aliphatic carbocycles. The first-order chi connectivity index (χ1) is 9.70. The SMILES string of the molecule is CCO[Si](OCC)(OCC)C(CC)C1CC2C=CC1C2. The normalized spacial score (nSPS) is 30.1. The quantitative estimate of drug-likeness (QED) is 0.475. The molecule has 0 aromatic rings. The minimum Gasteiger partial charge on any atom is -0.374 e. The molecule has 0 N–H and O–H groups in total. The number of rotatable bonds is 9. The average Bonchev–Trinajstić information content (AvgIpc) is 3.03.